The van der Waals surface area contributed by atoms with Crippen molar-refractivity contribution in [2.45, 2.75) is 66.0 Å². The second-order valence-corrected chi connectivity index (χ2v) is 6.27. The van der Waals surface area contributed by atoms with Crippen LogP contribution in [-0.2, 0) is 9.53 Å². The van der Waals surface area contributed by atoms with E-state index < -0.39 is 0 Å². The van der Waals surface area contributed by atoms with Gasteiger partial charge in [0, 0.05) is 19.7 Å². The van der Waals surface area contributed by atoms with Gasteiger partial charge in [-0.1, -0.05) is 34.1 Å². The van der Waals surface area contributed by atoms with Gasteiger partial charge in [0.05, 0.1) is 12.0 Å². The van der Waals surface area contributed by atoms with E-state index in [0.29, 0.717) is 23.8 Å². The topological polar surface area (TPSA) is 29.5 Å². The van der Waals surface area contributed by atoms with E-state index in [9.17, 15) is 4.79 Å². The van der Waals surface area contributed by atoms with Gasteiger partial charge >= 0.3 is 0 Å². The predicted octanol–water partition coefficient (Wildman–Crippen LogP) is 3.33. The van der Waals surface area contributed by atoms with Crippen LogP contribution in [0.3, 0.4) is 0 Å². The molecule has 1 fully saturated rings. The fraction of sp³-hybridized carbons (Fsp3) is 0.938. The van der Waals surface area contributed by atoms with Crippen LogP contribution >= 0.6 is 0 Å². The van der Waals surface area contributed by atoms with Crippen LogP contribution in [0, 0.1) is 17.8 Å². The lowest BCUT2D eigenvalue weighted by Crippen LogP contribution is -2.45. The second kappa shape index (κ2) is 7.28. The first-order chi connectivity index (χ1) is 8.96. The van der Waals surface area contributed by atoms with E-state index >= 15 is 0 Å². The molecule has 3 heteroatoms. The number of carbonyl (C=O) groups is 1. The lowest BCUT2D eigenvalue weighted by Gasteiger charge is -2.33. The normalized spacial score (nSPS) is 26.8. The van der Waals surface area contributed by atoms with Crippen molar-refractivity contribution in [1.29, 1.82) is 0 Å². The van der Waals surface area contributed by atoms with E-state index in [1.54, 1.807) is 7.11 Å². The summed E-state index contributed by atoms with van der Waals surface area (Å²) in [5.41, 5.74) is 0. The summed E-state index contributed by atoms with van der Waals surface area (Å²) >= 11 is 0. The van der Waals surface area contributed by atoms with E-state index in [-0.39, 0.29) is 12.0 Å². The Hall–Kier alpha value is -0.570. The minimum atomic E-state index is -0.0188. The smallest absolute Gasteiger partial charge is 0.228 e. The molecule has 3 nitrogen and oxygen atoms in total. The monoisotopic (exact) mass is 269 g/mol. The van der Waals surface area contributed by atoms with Gasteiger partial charge in [-0.15, -0.1) is 0 Å². The third kappa shape index (κ3) is 3.71. The Labute approximate surface area is 118 Å². The number of likely N-dealkylation sites (tertiary alicyclic amines) is 1. The number of nitrogens with zero attached hydrogens (tertiary/aromatic N) is 1. The largest absolute Gasteiger partial charge is 0.381 e. The molecular formula is C16H31NO2. The van der Waals surface area contributed by atoms with Crippen molar-refractivity contribution in [2.24, 2.45) is 17.8 Å². The number of hydrogen-bond acceptors (Lipinski definition) is 2. The third-order valence-corrected chi connectivity index (χ3v) is 4.71. The van der Waals surface area contributed by atoms with E-state index in [0.717, 1.165) is 13.0 Å². The Morgan fingerprint density at radius 1 is 1.26 bits per heavy atom. The van der Waals surface area contributed by atoms with Gasteiger partial charge in [0.25, 0.3) is 0 Å². The number of rotatable bonds is 6. The third-order valence-electron chi connectivity index (χ3n) is 4.71. The molecule has 0 radical (unpaired) electrons. The van der Waals surface area contributed by atoms with Gasteiger partial charge in [-0.3, -0.25) is 4.79 Å². The first-order valence-electron chi connectivity index (χ1n) is 7.79. The van der Waals surface area contributed by atoms with E-state index in [1.807, 2.05) is 6.92 Å². The van der Waals surface area contributed by atoms with Crippen LogP contribution in [0.25, 0.3) is 0 Å². The number of hydrogen-bond donors (Lipinski definition) is 0. The van der Waals surface area contributed by atoms with Crippen LogP contribution in [0.15, 0.2) is 0 Å². The highest BCUT2D eigenvalue weighted by atomic mass is 16.5. The first kappa shape index (κ1) is 16.5. The fourth-order valence-corrected chi connectivity index (χ4v) is 3.33. The standard InChI is InChI=1S/C16H31NO2/c1-7-13-9-14(8-2)17(10-13)16(18)15(11(3)4)12(5)19-6/h11-15H,7-10H2,1-6H3/t12?,13?,14-,15?/m1/s1. The molecule has 0 bridgehead atoms. The molecule has 3 unspecified atom stereocenters. The van der Waals surface area contributed by atoms with Gasteiger partial charge in [0.15, 0.2) is 0 Å². The maximum absolute atomic E-state index is 12.9. The first-order valence-corrected chi connectivity index (χ1v) is 7.79. The van der Waals surface area contributed by atoms with E-state index in [1.165, 1.54) is 12.8 Å². The summed E-state index contributed by atoms with van der Waals surface area (Å²) in [4.78, 5) is 15.0. The summed E-state index contributed by atoms with van der Waals surface area (Å²) in [5, 5.41) is 0. The van der Waals surface area contributed by atoms with Crippen LogP contribution < -0.4 is 0 Å². The van der Waals surface area contributed by atoms with Gasteiger partial charge in [0.2, 0.25) is 5.91 Å². The Morgan fingerprint density at radius 3 is 2.32 bits per heavy atom. The maximum atomic E-state index is 12.9. The molecular weight excluding hydrogens is 238 g/mol. The molecule has 0 aliphatic carbocycles. The van der Waals surface area contributed by atoms with Crippen molar-refractivity contribution in [3.63, 3.8) is 0 Å². The molecule has 1 saturated heterocycles. The summed E-state index contributed by atoms with van der Waals surface area (Å²) in [6.07, 6.45) is 3.40. The van der Waals surface area contributed by atoms with Crippen molar-refractivity contribution < 1.29 is 9.53 Å². The zero-order valence-electron chi connectivity index (χ0n) is 13.5. The Kier molecular flexibility index (Phi) is 6.31. The van der Waals surface area contributed by atoms with Crippen molar-refractivity contribution >= 4 is 5.91 Å². The number of carbonyl (C=O) groups excluding carboxylic acids is 1. The summed E-state index contributed by atoms with van der Waals surface area (Å²) < 4.78 is 5.43. The lowest BCUT2D eigenvalue weighted by molar-refractivity contribution is -0.143. The fourth-order valence-electron chi connectivity index (χ4n) is 3.33. The van der Waals surface area contributed by atoms with Crippen molar-refractivity contribution in [1.82, 2.24) is 4.90 Å². The highest BCUT2D eigenvalue weighted by molar-refractivity contribution is 5.80. The molecule has 0 aromatic carbocycles. The molecule has 0 aromatic heterocycles. The van der Waals surface area contributed by atoms with Crippen LogP contribution in [0.1, 0.15) is 53.9 Å². The van der Waals surface area contributed by atoms with Crippen LogP contribution in [0.5, 0.6) is 0 Å². The molecule has 1 heterocycles. The zero-order chi connectivity index (χ0) is 14.6. The van der Waals surface area contributed by atoms with Crippen molar-refractivity contribution in [3.8, 4) is 0 Å². The molecule has 1 aliphatic heterocycles. The molecule has 0 N–H and O–H groups in total. The Bertz CT molecular complexity index is 290. The van der Waals surface area contributed by atoms with Gasteiger partial charge in [-0.25, -0.2) is 0 Å². The average Bonchev–Trinajstić information content (AvgIpc) is 2.81. The zero-order valence-corrected chi connectivity index (χ0v) is 13.5. The average molecular weight is 269 g/mol. The molecule has 1 rings (SSSR count). The summed E-state index contributed by atoms with van der Waals surface area (Å²) in [7, 11) is 1.70. The molecule has 0 spiro atoms. The highest BCUT2D eigenvalue weighted by Crippen LogP contribution is 2.31. The summed E-state index contributed by atoms with van der Waals surface area (Å²) in [6.45, 7) is 11.6. The molecule has 4 atom stereocenters. The van der Waals surface area contributed by atoms with E-state index in [4.69, 9.17) is 4.74 Å². The summed E-state index contributed by atoms with van der Waals surface area (Å²) in [5.74, 6) is 1.28. The van der Waals surface area contributed by atoms with Crippen LogP contribution in [-0.4, -0.2) is 36.6 Å². The molecule has 1 amide bonds. The van der Waals surface area contributed by atoms with Crippen LogP contribution in [0.2, 0.25) is 0 Å². The Morgan fingerprint density at radius 2 is 1.89 bits per heavy atom. The van der Waals surface area contributed by atoms with Gasteiger partial charge in [0.1, 0.15) is 0 Å². The van der Waals surface area contributed by atoms with Crippen molar-refractivity contribution in [2.75, 3.05) is 13.7 Å². The second-order valence-electron chi connectivity index (χ2n) is 6.27. The molecule has 1 aliphatic rings. The van der Waals surface area contributed by atoms with E-state index in [2.05, 4.69) is 32.6 Å². The minimum absolute atomic E-state index is 0.00863. The molecule has 112 valence electrons. The lowest BCUT2D eigenvalue weighted by atomic mass is 9.89. The molecule has 0 saturated carbocycles. The molecule has 19 heavy (non-hydrogen) atoms. The van der Waals surface area contributed by atoms with Crippen molar-refractivity contribution in [3.05, 3.63) is 0 Å². The number of methoxy groups -OCH3 is 1. The van der Waals surface area contributed by atoms with Gasteiger partial charge < -0.3 is 9.64 Å². The SMILES string of the molecule is CCC1C[C@@H](CC)N(C(=O)C(C(C)C)C(C)OC)C1. The number of ether oxygens (including phenoxy) is 1. The molecule has 0 aromatic rings. The minimum Gasteiger partial charge on any atom is -0.381 e. The highest BCUT2D eigenvalue weighted by Gasteiger charge is 2.39. The quantitative estimate of drug-likeness (QED) is 0.740. The summed E-state index contributed by atoms with van der Waals surface area (Å²) in [6, 6.07) is 0.433. The van der Waals surface area contributed by atoms with Crippen LogP contribution in [0.4, 0.5) is 0 Å². The number of amides is 1. The maximum Gasteiger partial charge on any atom is 0.228 e. The Balaban J connectivity index is 2.83. The van der Waals surface area contributed by atoms with Gasteiger partial charge in [-0.05, 0) is 31.6 Å². The predicted molar refractivity (Wildman–Crippen MR) is 79.0 cm³/mol. The van der Waals surface area contributed by atoms with Gasteiger partial charge in [-0.2, -0.15) is 0 Å².